The molecule has 0 saturated heterocycles. The number of ether oxygens (including phenoxy) is 5. The van der Waals surface area contributed by atoms with Gasteiger partial charge in [-0.1, -0.05) is 51.0 Å². The molecule has 0 aromatic heterocycles. The predicted molar refractivity (Wildman–Crippen MR) is 191 cm³/mol. The molecule has 13 nitrogen and oxygen atoms in total. The van der Waals surface area contributed by atoms with Crippen LogP contribution in [0.5, 0.6) is 0 Å². The number of aryl methyl sites for hydroxylation is 1. The van der Waals surface area contributed by atoms with E-state index < -0.39 is 35.7 Å². The number of aliphatic carboxylic acids is 2. The zero-order chi connectivity index (χ0) is 37.0. The van der Waals surface area contributed by atoms with Gasteiger partial charge in [0.25, 0.3) is 0 Å². The number of unbranched alkanes of at least 4 members (excludes halogenated alkanes) is 2. The second-order valence-electron chi connectivity index (χ2n) is 11.8. The summed E-state index contributed by atoms with van der Waals surface area (Å²) in [6.07, 6.45) is 11.3. The van der Waals surface area contributed by atoms with Crippen LogP contribution < -0.4 is 10.6 Å². The molecule has 0 radical (unpaired) electrons. The number of hydrogen-bond donors (Lipinski definition) is 3. The summed E-state index contributed by atoms with van der Waals surface area (Å²) in [5.41, 5.74) is 8.58. The van der Waals surface area contributed by atoms with Gasteiger partial charge in [0.2, 0.25) is 0 Å². The molecule has 0 spiro atoms. The quantitative estimate of drug-likeness (QED) is 0.0411. The van der Waals surface area contributed by atoms with Crippen LogP contribution in [0.1, 0.15) is 70.8 Å². The van der Waals surface area contributed by atoms with Crippen molar-refractivity contribution in [3.8, 4) is 0 Å². The molecular formula is C37H58N2O11. The molecule has 2 unspecified atom stereocenters. The fraction of sp³-hybridized carbons (Fsp3) is 0.622. The molecule has 282 valence electrons. The van der Waals surface area contributed by atoms with E-state index in [0.29, 0.717) is 45.2 Å². The van der Waals surface area contributed by atoms with Gasteiger partial charge >= 0.3 is 23.9 Å². The number of hydrogen-bond acceptors (Lipinski definition) is 11. The van der Waals surface area contributed by atoms with Crippen molar-refractivity contribution in [1.82, 2.24) is 0 Å². The van der Waals surface area contributed by atoms with Crippen LogP contribution in [-0.4, -0.2) is 100 Å². The third-order valence-electron chi connectivity index (χ3n) is 7.59. The first-order valence-corrected chi connectivity index (χ1v) is 17.5. The topological polar surface area (TPSA) is 184 Å². The summed E-state index contributed by atoms with van der Waals surface area (Å²) in [6.45, 7) is 8.87. The van der Waals surface area contributed by atoms with E-state index in [0.717, 1.165) is 36.9 Å². The minimum atomic E-state index is -1.03. The van der Waals surface area contributed by atoms with Gasteiger partial charge in [0, 0.05) is 24.5 Å². The molecule has 0 bridgehead atoms. The van der Waals surface area contributed by atoms with Gasteiger partial charge in [-0.15, -0.1) is 0 Å². The number of rotatable bonds is 30. The molecule has 0 heterocycles. The fourth-order valence-electron chi connectivity index (χ4n) is 4.58. The Kier molecular flexibility index (Phi) is 24.5. The van der Waals surface area contributed by atoms with Gasteiger partial charge in [-0.3, -0.25) is 19.2 Å². The van der Waals surface area contributed by atoms with Crippen LogP contribution in [0.4, 0.5) is 11.4 Å². The molecule has 0 saturated carbocycles. The molecule has 2 atom stereocenters. The molecule has 4 N–H and O–H groups in total. The first-order chi connectivity index (χ1) is 24.1. The molecule has 0 amide bonds. The summed E-state index contributed by atoms with van der Waals surface area (Å²) in [6, 6.07) is 5.75. The van der Waals surface area contributed by atoms with Crippen LogP contribution in [0, 0.1) is 18.8 Å². The van der Waals surface area contributed by atoms with Crippen molar-refractivity contribution in [3.05, 3.63) is 48.1 Å². The molecule has 13 heteroatoms. The molecular weight excluding hydrogens is 648 g/mol. The number of carbonyl (C=O) groups excluding carboxylic acids is 2. The number of allylic oxidation sites excluding steroid dienone is 4. The summed E-state index contributed by atoms with van der Waals surface area (Å²) >= 11 is 0. The van der Waals surface area contributed by atoms with Crippen molar-refractivity contribution >= 4 is 35.3 Å². The average molecular weight is 707 g/mol. The van der Waals surface area contributed by atoms with Gasteiger partial charge < -0.3 is 44.5 Å². The zero-order valence-corrected chi connectivity index (χ0v) is 30.0. The zero-order valence-electron chi connectivity index (χ0n) is 30.0. The number of esters is 2. The maximum Gasteiger partial charge on any atom is 0.307 e. The Balaban J connectivity index is 2.36. The van der Waals surface area contributed by atoms with Crippen LogP contribution in [0.25, 0.3) is 0 Å². The highest BCUT2D eigenvalue weighted by Crippen LogP contribution is 2.20. The first-order valence-electron chi connectivity index (χ1n) is 17.5. The minimum Gasteiger partial charge on any atom is -0.481 e. The minimum absolute atomic E-state index is 0.0275. The van der Waals surface area contributed by atoms with Gasteiger partial charge in [-0.2, -0.15) is 0 Å². The third-order valence-corrected chi connectivity index (χ3v) is 7.59. The Morgan fingerprint density at radius 3 is 1.56 bits per heavy atom. The van der Waals surface area contributed by atoms with Crippen molar-refractivity contribution < 1.29 is 53.1 Å². The van der Waals surface area contributed by atoms with Crippen molar-refractivity contribution in [2.45, 2.75) is 72.1 Å². The molecule has 1 rings (SSSR count). The number of carbonyl (C=O) groups is 4. The molecule has 0 fully saturated rings. The van der Waals surface area contributed by atoms with Crippen molar-refractivity contribution in [2.24, 2.45) is 11.8 Å². The van der Waals surface area contributed by atoms with Gasteiger partial charge in [0.1, 0.15) is 13.2 Å². The van der Waals surface area contributed by atoms with Gasteiger partial charge in [-0.05, 0) is 56.4 Å². The van der Waals surface area contributed by atoms with Crippen LogP contribution >= 0.6 is 0 Å². The van der Waals surface area contributed by atoms with Gasteiger partial charge in [-0.25, -0.2) is 0 Å². The number of carboxylic acids is 2. The Bertz CT molecular complexity index is 1190. The highest BCUT2D eigenvalue weighted by molar-refractivity contribution is 5.79. The lowest BCUT2D eigenvalue weighted by molar-refractivity contribution is -0.152. The Morgan fingerprint density at radius 2 is 1.14 bits per heavy atom. The lowest BCUT2D eigenvalue weighted by Gasteiger charge is -2.25. The SMILES string of the molecule is CCC/C=C/CC(CC(=O)OCCOCCOCCN(CCOCCOC(=O)CC(C/C=C/CCC)C(=O)O)c1ccc(N)c(C)c1)C(=O)O. The van der Waals surface area contributed by atoms with E-state index >= 15 is 0 Å². The monoisotopic (exact) mass is 706 g/mol. The molecule has 1 aromatic carbocycles. The molecule has 0 aliphatic heterocycles. The standard InChI is InChI=1S/C37H58N2O11/c1-4-6-8-10-12-30(36(42)43)27-34(40)49-24-22-47-19-17-39(32-14-15-33(38)29(3)26-32)16-18-46-20-21-48-23-25-50-35(41)28-31(37(44)45)13-11-9-7-5-2/h8-11,14-15,26,30-31H,4-7,12-13,16-25,27-28,38H2,1-3H3,(H,42,43)(H,44,45)/b10-8+,11-9+. The average Bonchev–Trinajstić information content (AvgIpc) is 3.08. The van der Waals surface area contributed by atoms with Gasteiger partial charge in [0.15, 0.2) is 0 Å². The smallest absolute Gasteiger partial charge is 0.307 e. The maximum absolute atomic E-state index is 12.2. The van der Waals surface area contributed by atoms with E-state index in [1.807, 2.05) is 51.1 Å². The second-order valence-corrected chi connectivity index (χ2v) is 11.8. The van der Waals surface area contributed by atoms with E-state index in [9.17, 15) is 29.4 Å². The van der Waals surface area contributed by atoms with Crippen LogP contribution in [0.2, 0.25) is 0 Å². The lowest BCUT2D eigenvalue weighted by atomic mass is 10.0. The van der Waals surface area contributed by atoms with Crippen LogP contribution in [-0.2, 0) is 42.9 Å². The number of nitrogens with two attached hydrogens (primary N) is 1. The molecule has 1 aromatic rings. The summed E-state index contributed by atoms with van der Waals surface area (Å²) in [7, 11) is 0. The summed E-state index contributed by atoms with van der Waals surface area (Å²) in [5, 5.41) is 18.7. The van der Waals surface area contributed by atoms with Crippen molar-refractivity contribution in [3.63, 3.8) is 0 Å². The van der Waals surface area contributed by atoms with E-state index in [2.05, 4.69) is 4.90 Å². The molecule has 50 heavy (non-hydrogen) atoms. The van der Waals surface area contributed by atoms with Crippen LogP contribution in [0.3, 0.4) is 0 Å². The lowest BCUT2D eigenvalue weighted by Crippen LogP contribution is -2.31. The molecule has 0 aliphatic carbocycles. The number of benzene rings is 1. The largest absolute Gasteiger partial charge is 0.481 e. The Labute approximate surface area is 296 Å². The summed E-state index contributed by atoms with van der Waals surface area (Å²) in [5.74, 6) is -4.82. The van der Waals surface area contributed by atoms with E-state index in [-0.39, 0.29) is 52.1 Å². The number of nitrogen functional groups attached to an aromatic ring is 1. The van der Waals surface area contributed by atoms with E-state index in [1.54, 1.807) is 12.2 Å². The predicted octanol–water partition coefficient (Wildman–Crippen LogP) is 5.19. The first kappa shape index (κ1) is 44.1. The van der Waals surface area contributed by atoms with Crippen LogP contribution in [0.15, 0.2) is 42.5 Å². The second kappa shape index (κ2) is 27.8. The van der Waals surface area contributed by atoms with Gasteiger partial charge in [0.05, 0.1) is 64.3 Å². The summed E-state index contributed by atoms with van der Waals surface area (Å²) < 4.78 is 27.2. The fourth-order valence-corrected chi connectivity index (χ4v) is 4.58. The Hall–Kier alpha value is -3.94. The van der Waals surface area contributed by atoms with Crippen molar-refractivity contribution in [1.29, 1.82) is 0 Å². The van der Waals surface area contributed by atoms with Crippen molar-refractivity contribution in [2.75, 3.05) is 76.6 Å². The number of nitrogens with zero attached hydrogens (tertiary/aromatic N) is 1. The van der Waals surface area contributed by atoms with E-state index in [1.165, 1.54) is 0 Å². The summed E-state index contributed by atoms with van der Waals surface area (Å²) in [4.78, 5) is 49.2. The number of anilines is 2. The van der Waals surface area contributed by atoms with E-state index in [4.69, 9.17) is 29.4 Å². The number of carboxylic acid groups (broad SMARTS) is 2. The normalized spacial score (nSPS) is 12.6. The maximum atomic E-state index is 12.2. The Morgan fingerprint density at radius 1 is 0.700 bits per heavy atom. The molecule has 0 aliphatic rings. The highest BCUT2D eigenvalue weighted by atomic mass is 16.6. The third kappa shape index (κ3) is 21.2. The highest BCUT2D eigenvalue weighted by Gasteiger charge is 2.22.